The van der Waals surface area contributed by atoms with Crippen LogP contribution in [0.1, 0.15) is 33.6 Å². The van der Waals surface area contributed by atoms with E-state index in [4.69, 9.17) is 4.74 Å². The Morgan fingerprint density at radius 2 is 1.86 bits per heavy atom. The van der Waals surface area contributed by atoms with Gasteiger partial charge in [-0.3, -0.25) is 0 Å². The van der Waals surface area contributed by atoms with Crippen LogP contribution in [0.5, 0.6) is 0 Å². The van der Waals surface area contributed by atoms with Gasteiger partial charge in [-0.15, -0.1) is 5.98 Å². The maximum Gasteiger partial charge on any atom is 0.502 e. The molecule has 3 nitrogen and oxygen atoms in total. The average Bonchev–Trinajstić information content (AvgIpc) is 2.35. The molecule has 0 N–H and O–H groups in total. The van der Waals surface area contributed by atoms with Crippen molar-refractivity contribution in [2.75, 3.05) is 13.1 Å². The molecule has 0 aromatic carbocycles. The SMILES string of the molecule is CC(C)(C)OC(=O)N1CC/C(=C\[B-](F)(F)F)C(F)(F)CC1. The van der Waals surface area contributed by atoms with Crippen LogP contribution in [0.3, 0.4) is 0 Å². The summed E-state index contributed by atoms with van der Waals surface area (Å²) in [6, 6.07) is 0. The van der Waals surface area contributed by atoms with E-state index in [9.17, 15) is 26.5 Å². The lowest BCUT2D eigenvalue weighted by Crippen LogP contribution is -2.37. The molecule has 9 heteroatoms. The molecule has 1 aliphatic rings. The summed E-state index contributed by atoms with van der Waals surface area (Å²) >= 11 is 0. The van der Waals surface area contributed by atoms with Crippen molar-refractivity contribution in [3.63, 3.8) is 0 Å². The van der Waals surface area contributed by atoms with Gasteiger partial charge < -0.3 is 22.6 Å². The van der Waals surface area contributed by atoms with Crippen molar-refractivity contribution < 1.29 is 31.3 Å². The minimum atomic E-state index is -5.44. The predicted octanol–water partition coefficient (Wildman–Crippen LogP) is 3.97. The third-order valence-electron chi connectivity index (χ3n) is 2.86. The van der Waals surface area contributed by atoms with E-state index in [1.165, 1.54) is 0 Å². The summed E-state index contributed by atoms with van der Waals surface area (Å²) in [6.45, 7) is -1.15. The summed E-state index contributed by atoms with van der Waals surface area (Å²) in [5.74, 6) is -3.87. The smallest absolute Gasteiger partial charge is 0.445 e. The zero-order valence-corrected chi connectivity index (χ0v) is 12.1. The third kappa shape index (κ3) is 5.93. The highest BCUT2D eigenvalue weighted by Crippen LogP contribution is 2.35. The summed E-state index contributed by atoms with van der Waals surface area (Å²) < 4.78 is 69.5. The Kier molecular flexibility index (Phi) is 4.95. The fraction of sp³-hybridized carbons (Fsp3) is 0.750. The van der Waals surface area contributed by atoms with Gasteiger partial charge in [-0.05, 0) is 32.8 Å². The number of carbonyl (C=O) groups is 1. The highest BCUT2D eigenvalue weighted by atomic mass is 19.4. The molecule has 0 bridgehead atoms. The molecule has 0 aliphatic carbocycles. The third-order valence-corrected chi connectivity index (χ3v) is 2.86. The number of ether oxygens (including phenoxy) is 1. The zero-order chi connectivity index (χ0) is 16.5. The number of likely N-dealkylation sites (tertiary alicyclic amines) is 1. The summed E-state index contributed by atoms with van der Waals surface area (Å²) in [7, 11) is 0. The first-order chi connectivity index (χ1) is 9.30. The lowest BCUT2D eigenvalue weighted by Gasteiger charge is -2.26. The van der Waals surface area contributed by atoms with E-state index < -0.39 is 43.0 Å². The van der Waals surface area contributed by atoms with E-state index in [0.717, 1.165) is 4.90 Å². The molecule has 1 rings (SSSR count). The standard InChI is InChI=1S/C12H18BF5NO2/c1-11(2,3)21-10(20)19-6-4-9(8-13(16,17)18)12(14,15)5-7-19/h8H,4-7H2,1-3H3/q-1/b9-8+. The van der Waals surface area contributed by atoms with E-state index in [2.05, 4.69) is 0 Å². The van der Waals surface area contributed by atoms with Gasteiger partial charge in [0.1, 0.15) is 5.60 Å². The second-order valence-electron chi connectivity index (χ2n) is 5.99. The van der Waals surface area contributed by atoms with Crippen LogP contribution in [0.25, 0.3) is 0 Å². The minimum absolute atomic E-state index is 0.220. The number of rotatable bonds is 1. The first kappa shape index (κ1) is 17.8. The van der Waals surface area contributed by atoms with Gasteiger partial charge in [0.2, 0.25) is 0 Å². The Labute approximate surface area is 120 Å². The van der Waals surface area contributed by atoms with E-state index >= 15 is 0 Å². The van der Waals surface area contributed by atoms with Gasteiger partial charge in [-0.2, -0.15) is 0 Å². The quantitative estimate of drug-likeness (QED) is 0.541. The molecule has 1 saturated heterocycles. The number of carbonyl (C=O) groups excluding carboxylic acids is 1. The van der Waals surface area contributed by atoms with Gasteiger partial charge in [0, 0.05) is 19.5 Å². The summed E-state index contributed by atoms with van der Waals surface area (Å²) in [5.41, 5.74) is -1.76. The molecule has 1 aliphatic heterocycles. The van der Waals surface area contributed by atoms with Gasteiger partial charge in [0.25, 0.3) is 5.92 Å². The van der Waals surface area contributed by atoms with Crippen LogP contribution < -0.4 is 0 Å². The summed E-state index contributed by atoms with van der Waals surface area (Å²) in [5, 5.41) is 0. The molecule has 0 spiro atoms. The largest absolute Gasteiger partial charge is 0.502 e. The molecule has 21 heavy (non-hydrogen) atoms. The van der Waals surface area contributed by atoms with Crippen molar-refractivity contribution in [1.29, 1.82) is 0 Å². The van der Waals surface area contributed by atoms with Crippen LogP contribution >= 0.6 is 0 Å². The van der Waals surface area contributed by atoms with Crippen LogP contribution in [0.15, 0.2) is 11.5 Å². The fourth-order valence-electron chi connectivity index (χ4n) is 1.93. The van der Waals surface area contributed by atoms with Gasteiger partial charge in [-0.25, -0.2) is 13.6 Å². The normalized spacial score (nSPS) is 22.1. The van der Waals surface area contributed by atoms with Crippen LogP contribution in [0.4, 0.5) is 26.5 Å². The highest BCUT2D eigenvalue weighted by Gasteiger charge is 2.39. The number of hydrogen-bond acceptors (Lipinski definition) is 2. The minimum Gasteiger partial charge on any atom is -0.445 e. The zero-order valence-electron chi connectivity index (χ0n) is 12.1. The van der Waals surface area contributed by atoms with Gasteiger partial charge in [0.05, 0.1) is 0 Å². The van der Waals surface area contributed by atoms with E-state index in [1.807, 2.05) is 0 Å². The number of nitrogens with zero attached hydrogens (tertiary/aromatic N) is 1. The van der Waals surface area contributed by atoms with Crippen molar-refractivity contribution in [3.8, 4) is 0 Å². The first-order valence-corrected chi connectivity index (χ1v) is 6.58. The van der Waals surface area contributed by atoms with E-state index in [-0.39, 0.29) is 19.1 Å². The van der Waals surface area contributed by atoms with Gasteiger partial charge >= 0.3 is 13.1 Å². The highest BCUT2D eigenvalue weighted by molar-refractivity contribution is 6.64. The average molecular weight is 314 g/mol. The maximum atomic E-state index is 13.7. The number of alkyl halides is 2. The van der Waals surface area contributed by atoms with Crippen molar-refractivity contribution in [1.82, 2.24) is 4.90 Å². The number of halogens is 5. The number of amides is 1. The van der Waals surface area contributed by atoms with Gasteiger partial charge in [-0.1, -0.05) is 0 Å². The maximum absolute atomic E-state index is 13.7. The molecule has 0 unspecified atom stereocenters. The topological polar surface area (TPSA) is 29.5 Å². The van der Waals surface area contributed by atoms with Crippen LogP contribution in [-0.2, 0) is 4.74 Å². The fourth-order valence-corrected chi connectivity index (χ4v) is 1.93. The second-order valence-corrected chi connectivity index (χ2v) is 5.99. The first-order valence-electron chi connectivity index (χ1n) is 6.58. The molecular formula is C12H18BF5NO2-. The molecular weight excluding hydrogens is 296 g/mol. The van der Waals surface area contributed by atoms with Crippen molar-refractivity contribution >= 4 is 13.1 Å². The Hall–Kier alpha value is -1.28. The molecule has 0 aromatic rings. The summed E-state index contributed by atoms with van der Waals surface area (Å²) in [6.07, 6.45) is -2.16. The summed E-state index contributed by atoms with van der Waals surface area (Å²) in [4.78, 5) is 12.8. The van der Waals surface area contributed by atoms with E-state index in [0.29, 0.717) is 0 Å². The van der Waals surface area contributed by atoms with Crippen LogP contribution in [0, 0.1) is 0 Å². The molecule has 122 valence electrons. The van der Waals surface area contributed by atoms with Crippen molar-refractivity contribution in [2.45, 2.75) is 45.1 Å². The second kappa shape index (κ2) is 5.85. The predicted molar refractivity (Wildman–Crippen MR) is 69.1 cm³/mol. The van der Waals surface area contributed by atoms with Gasteiger partial charge in [0.15, 0.2) is 0 Å². The lowest BCUT2D eigenvalue weighted by atomic mass is 9.85. The van der Waals surface area contributed by atoms with Crippen molar-refractivity contribution in [3.05, 3.63) is 11.5 Å². The number of hydrogen-bond donors (Lipinski definition) is 0. The molecule has 0 atom stereocenters. The molecule has 0 aromatic heterocycles. The van der Waals surface area contributed by atoms with Crippen LogP contribution in [-0.4, -0.2) is 42.6 Å². The molecule has 0 saturated carbocycles. The monoisotopic (exact) mass is 314 g/mol. The van der Waals surface area contributed by atoms with Crippen LogP contribution in [0.2, 0.25) is 0 Å². The molecule has 0 radical (unpaired) electrons. The Bertz CT molecular complexity index is 428. The Morgan fingerprint density at radius 1 is 1.29 bits per heavy atom. The molecule has 1 amide bonds. The van der Waals surface area contributed by atoms with Crippen molar-refractivity contribution in [2.24, 2.45) is 0 Å². The lowest BCUT2D eigenvalue weighted by molar-refractivity contribution is 0.0140. The molecule has 1 heterocycles. The molecule has 1 fully saturated rings. The Morgan fingerprint density at radius 3 is 2.33 bits per heavy atom. The Balaban J connectivity index is 2.85. The van der Waals surface area contributed by atoms with E-state index in [1.54, 1.807) is 20.8 Å².